The summed E-state index contributed by atoms with van der Waals surface area (Å²) in [4.78, 5) is 15.4. The third kappa shape index (κ3) is 5.95. The van der Waals surface area contributed by atoms with E-state index in [1.165, 1.54) is 17.9 Å². The minimum Gasteiger partial charge on any atom is -0.395 e. The molecule has 1 fully saturated rings. The van der Waals surface area contributed by atoms with Crippen LogP contribution in [0.2, 0.25) is 0 Å². The van der Waals surface area contributed by atoms with Gasteiger partial charge in [0.05, 0.1) is 24.1 Å². The summed E-state index contributed by atoms with van der Waals surface area (Å²) in [6, 6.07) is 18.3. The molecular weight excluding hydrogens is 529 g/mol. The normalized spacial score (nSPS) is 17.7. The van der Waals surface area contributed by atoms with Crippen molar-refractivity contribution in [3.63, 3.8) is 0 Å². The molecule has 0 aliphatic heterocycles. The number of H-pyrrole nitrogens is 1. The molecule has 0 radical (unpaired) electrons. The molecule has 0 atom stereocenters. The largest absolute Gasteiger partial charge is 0.395 e. The average molecular weight is 565 g/mol. The van der Waals surface area contributed by atoms with Gasteiger partial charge in [-0.3, -0.25) is 4.79 Å². The number of halogens is 1. The smallest absolute Gasteiger partial charge is 0.290 e. The van der Waals surface area contributed by atoms with Crippen molar-refractivity contribution in [3.8, 4) is 22.5 Å². The topological polar surface area (TPSA) is 103 Å². The number of nitrogens with one attached hydrogen (secondary N) is 2. The Kier molecular flexibility index (Phi) is 8.05. The summed E-state index contributed by atoms with van der Waals surface area (Å²) < 4.78 is 41.1. The molecule has 1 aliphatic carbocycles. The molecule has 1 aliphatic rings. The van der Waals surface area contributed by atoms with Crippen LogP contribution in [0, 0.1) is 11.7 Å². The van der Waals surface area contributed by atoms with Gasteiger partial charge in [-0.15, -0.1) is 0 Å². The first-order valence-electron chi connectivity index (χ1n) is 13.6. The lowest BCUT2D eigenvalue weighted by Crippen LogP contribution is -2.29. The van der Waals surface area contributed by atoms with Gasteiger partial charge < -0.3 is 10.4 Å². The number of aliphatic hydroxyl groups is 1. The molecule has 210 valence electrons. The van der Waals surface area contributed by atoms with Crippen molar-refractivity contribution in [1.29, 1.82) is 0 Å². The molecule has 1 aromatic heterocycles. The molecule has 40 heavy (non-hydrogen) atoms. The highest BCUT2D eigenvalue weighted by Crippen LogP contribution is 2.38. The van der Waals surface area contributed by atoms with Gasteiger partial charge >= 0.3 is 0 Å². The Bertz CT molecular complexity index is 1640. The second kappa shape index (κ2) is 11.5. The van der Waals surface area contributed by atoms with E-state index in [1.54, 1.807) is 35.9 Å². The minimum atomic E-state index is -3.35. The quantitative estimate of drug-likeness (QED) is 0.271. The summed E-state index contributed by atoms with van der Waals surface area (Å²) in [5, 5.41) is 11.6. The van der Waals surface area contributed by atoms with E-state index in [9.17, 15) is 13.2 Å². The van der Waals surface area contributed by atoms with Crippen molar-refractivity contribution < 1.29 is 27.3 Å². The third-order valence-electron chi connectivity index (χ3n) is 8.04. The molecule has 0 saturated heterocycles. The molecule has 1 saturated carbocycles. The molecule has 1 heterocycles. The van der Waals surface area contributed by atoms with E-state index in [0.717, 1.165) is 42.3 Å². The molecule has 9 heteroatoms. The fourth-order valence-electron chi connectivity index (χ4n) is 5.77. The van der Waals surface area contributed by atoms with Crippen LogP contribution in [0.3, 0.4) is 0 Å². The number of fused-ring (bicyclic) bond motifs is 1. The van der Waals surface area contributed by atoms with Gasteiger partial charge in [0.1, 0.15) is 5.82 Å². The Morgan fingerprint density at radius 2 is 1.73 bits per heavy atom. The number of aromatic nitrogens is 2. The number of sulfone groups is 1. The van der Waals surface area contributed by atoms with Crippen molar-refractivity contribution in [2.24, 2.45) is 13.0 Å². The number of benzene rings is 3. The lowest BCUT2D eigenvalue weighted by Gasteiger charge is -2.28. The van der Waals surface area contributed by atoms with Crippen molar-refractivity contribution in [1.82, 2.24) is 10.3 Å². The monoisotopic (exact) mass is 564 g/mol. The van der Waals surface area contributed by atoms with Gasteiger partial charge in [0.25, 0.3) is 5.82 Å². The maximum absolute atomic E-state index is 15.4. The number of hydrogen-bond acceptors (Lipinski definition) is 4. The summed E-state index contributed by atoms with van der Waals surface area (Å²) in [6.45, 7) is 0.270. The van der Waals surface area contributed by atoms with E-state index in [4.69, 9.17) is 5.11 Å². The molecule has 7 nitrogen and oxygen atoms in total. The van der Waals surface area contributed by atoms with Crippen LogP contribution in [0.4, 0.5) is 4.39 Å². The summed E-state index contributed by atoms with van der Waals surface area (Å²) in [7, 11) is -1.57. The van der Waals surface area contributed by atoms with Crippen LogP contribution in [0.1, 0.15) is 43.6 Å². The number of imidazole rings is 1. The van der Waals surface area contributed by atoms with E-state index < -0.39 is 9.84 Å². The Labute approximate surface area is 234 Å². The van der Waals surface area contributed by atoms with Crippen LogP contribution in [-0.4, -0.2) is 43.8 Å². The first-order chi connectivity index (χ1) is 19.1. The molecule has 0 unspecified atom stereocenters. The van der Waals surface area contributed by atoms with Crippen molar-refractivity contribution in [2.45, 2.75) is 42.9 Å². The van der Waals surface area contributed by atoms with Crippen LogP contribution in [-0.2, 0) is 21.7 Å². The van der Waals surface area contributed by atoms with Gasteiger partial charge in [-0.1, -0.05) is 30.3 Å². The second-order valence-electron chi connectivity index (χ2n) is 10.8. The van der Waals surface area contributed by atoms with Crippen LogP contribution in [0.5, 0.6) is 0 Å². The summed E-state index contributed by atoms with van der Waals surface area (Å²) >= 11 is 0. The third-order valence-corrected chi connectivity index (χ3v) is 9.15. The molecule has 1 amide bonds. The molecular formula is C31H35FN3O4S+. The van der Waals surface area contributed by atoms with Gasteiger partial charge in [0.2, 0.25) is 5.91 Å². The first kappa shape index (κ1) is 28.0. The Morgan fingerprint density at radius 1 is 1.02 bits per heavy atom. The number of nitrogens with zero attached hydrogens (tertiary/aromatic N) is 1. The number of hydrogen-bond donors (Lipinski definition) is 3. The predicted octanol–water partition coefficient (Wildman–Crippen LogP) is 4.64. The van der Waals surface area contributed by atoms with Crippen LogP contribution in [0.15, 0.2) is 65.6 Å². The fourth-order valence-corrected chi connectivity index (χ4v) is 6.41. The van der Waals surface area contributed by atoms with Crippen LogP contribution >= 0.6 is 0 Å². The van der Waals surface area contributed by atoms with Crippen molar-refractivity contribution in [2.75, 3.05) is 19.4 Å². The van der Waals surface area contributed by atoms with Gasteiger partial charge in [0.15, 0.2) is 20.9 Å². The number of carbonyl (C=O) groups is 1. The van der Waals surface area contributed by atoms with Gasteiger partial charge in [-0.05, 0) is 78.5 Å². The second-order valence-corrected chi connectivity index (χ2v) is 12.8. The minimum absolute atomic E-state index is 0.0134. The average Bonchev–Trinajstić information content (AvgIpc) is 3.27. The maximum atomic E-state index is 15.4. The molecule has 0 spiro atoms. The van der Waals surface area contributed by atoms with Crippen LogP contribution in [0.25, 0.3) is 33.5 Å². The Morgan fingerprint density at radius 3 is 2.38 bits per heavy atom. The SMILES string of the molecule is C[n+]1c(-c2ccc(-c3ccc(C4CCC(CC(=O)NCCO)CC4)cc3)cc2F)[nH]c2ccc(S(C)(=O)=O)cc21. The van der Waals surface area contributed by atoms with Crippen LogP contribution < -0.4 is 9.88 Å². The summed E-state index contributed by atoms with van der Waals surface area (Å²) in [5.74, 6) is 1.04. The summed E-state index contributed by atoms with van der Waals surface area (Å²) in [6.07, 6.45) is 5.77. The zero-order chi connectivity index (χ0) is 28.4. The van der Waals surface area contributed by atoms with Crippen molar-refractivity contribution >= 4 is 26.8 Å². The number of aliphatic hydroxyl groups excluding tert-OH is 1. The highest BCUT2D eigenvalue weighted by atomic mass is 32.2. The molecule has 5 rings (SSSR count). The van der Waals surface area contributed by atoms with E-state index in [2.05, 4.69) is 22.4 Å². The Balaban J connectivity index is 1.28. The number of rotatable bonds is 8. The highest BCUT2D eigenvalue weighted by molar-refractivity contribution is 7.90. The molecule has 4 aromatic rings. The number of aromatic amines is 1. The van der Waals surface area contributed by atoms with Crippen molar-refractivity contribution in [3.05, 3.63) is 72.0 Å². The highest BCUT2D eigenvalue weighted by Gasteiger charge is 2.25. The zero-order valence-corrected chi connectivity index (χ0v) is 23.6. The van der Waals surface area contributed by atoms with Gasteiger partial charge in [-0.25, -0.2) is 22.4 Å². The Hall–Kier alpha value is -3.56. The zero-order valence-electron chi connectivity index (χ0n) is 22.8. The lowest BCUT2D eigenvalue weighted by atomic mass is 9.77. The molecule has 3 N–H and O–H groups in total. The number of carbonyl (C=O) groups excluding carboxylic acids is 1. The predicted molar refractivity (Wildman–Crippen MR) is 153 cm³/mol. The van der Waals surface area contributed by atoms with Gasteiger partial charge in [0, 0.05) is 25.3 Å². The molecule has 0 bridgehead atoms. The number of amides is 1. The fraction of sp³-hybridized carbons (Fsp3) is 0.355. The first-order valence-corrected chi connectivity index (χ1v) is 15.5. The number of aryl methyl sites for hydroxylation is 1. The lowest BCUT2D eigenvalue weighted by molar-refractivity contribution is -0.633. The van der Waals surface area contributed by atoms with E-state index in [-0.39, 0.29) is 23.2 Å². The maximum Gasteiger partial charge on any atom is 0.290 e. The summed E-state index contributed by atoms with van der Waals surface area (Å²) in [5.41, 5.74) is 4.79. The van der Waals surface area contributed by atoms with Gasteiger partial charge in [-0.2, -0.15) is 0 Å². The standard InChI is InChI=1S/C31H34FN3O4S/c1-35-29-19-25(40(2,38)39)12-14-28(29)34-31(35)26-13-11-24(18-27(26)32)23-9-7-22(8-10-23)21-5-3-20(4-6-21)17-30(37)33-15-16-36/h7-14,18-21,36H,3-6,15-17H2,1-2H3,(H,33,37)/p+1. The van der Waals surface area contributed by atoms with E-state index in [1.807, 2.05) is 18.2 Å². The van der Waals surface area contributed by atoms with E-state index >= 15 is 4.39 Å². The molecule has 3 aromatic carbocycles. The van der Waals surface area contributed by atoms with E-state index in [0.29, 0.717) is 41.7 Å².